The maximum atomic E-state index is 4.49. The van der Waals surface area contributed by atoms with Crippen molar-refractivity contribution in [1.29, 1.82) is 0 Å². The lowest BCUT2D eigenvalue weighted by Gasteiger charge is -2.16. The zero-order chi connectivity index (χ0) is 16.2. The summed E-state index contributed by atoms with van der Waals surface area (Å²) >= 11 is 0. The Morgan fingerprint density at radius 1 is 0.870 bits per heavy atom. The molecule has 2 aromatic carbocycles. The normalized spacial score (nSPS) is 10.7. The minimum Gasteiger partial charge on any atom is -0.261 e. The van der Waals surface area contributed by atoms with Crippen LogP contribution in [0.4, 0.5) is 0 Å². The molecule has 23 heavy (non-hydrogen) atoms. The van der Waals surface area contributed by atoms with Gasteiger partial charge in [-0.15, -0.1) is 0 Å². The highest BCUT2D eigenvalue weighted by Crippen LogP contribution is 2.31. The quantitative estimate of drug-likeness (QED) is 0.618. The predicted molar refractivity (Wildman–Crippen MR) is 97.8 cm³/mol. The van der Waals surface area contributed by atoms with Gasteiger partial charge in [-0.1, -0.05) is 49.4 Å². The fraction of sp³-hybridized carbons (Fsp3) is 0.227. The van der Waals surface area contributed by atoms with Crippen LogP contribution in [0.2, 0.25) is 0 Å². The third kappa shape index (κ3) is 3.34. The summed E-state index contributed by atoms with van der Waals surface area (Å²) in [6.07, 6.45) is 3.81. The van der Waals surface area contributed by atoms with E-state index in [1.54, 1.807) is 0 Å². The van der Waals surface area contributed by atoms with Gasteiger partial charge in [0.25, 0.3) is 0 Å². The van der Waals surface area contributed by atoms with E-state index in [9.17, 15) is 0 Å². The molecule has 0 bridgehead atoms. The van der Waals surface area contributed by atoms with Crippen LogP contribution in [0, 0.1) is 13.8 Å². The summed E-state index contributed by atoms with van der Waals surface area (Å²) in [5.41, 5.74) is 9.27. The smallest absolute Gasteiger partial charge is 0.0447 e. The molecular weight excluding hydrogens is 278 g/mol. The highest BCUT2D eigenvalue weighted by atomic mass is 14.7. The third-order valence-corrected chi connectivity index (χ3v) is 4.52. The number of aryl methyl sites for hydroxylation is 2. The number of hydrogen-bond acceptors (Lipinski definition) is 1. The molecule has 0 aliphatic rings. The molecule has 0 radical (unpaired) electrons. The second kappa shape index (κ2) is 6.78. The summed E-state index contributed by atoms with van der Waals surface area (Å²) in [4.78, 5) is 4.49. The lowest BCUT2D eigenvalue weighted by atomic mass is 9.89. The Labute approximate surface area is 139 Å². The molecule has 1 heterocycles. The molecule has 0 saturated heterocycles. The molecule has 0 unspecified atom stereocenters. The maximum absolute atomic E-state index is 4.49. The van der Waals surface area contributed by atoms with Gasteiger partial charge in [0.05, 0.1) is 0 Å². The van der Waals surface area contributed by atoms with Crippen LogP contribution >= 0.6 is 0 Å². The van der Waals surface area contributed by atoms with E-state index in [-0.39, 0.29) is 0 Å². The van der Waals surface area contributed by atoms with Crippen molar-refractivity contribution in [2.45, 2.75) is 33.6 Å². The molecular formula is C22H23N. The standard InChI is InChI=1S/C22H23N/c1-4-18-13-19(15-20-10-7-8-12-23-20)17(3)22(14-18)21-11-6-5-9-16(21)2/h5-14H,4,15H2,1-3H3. The molecule has 0 spiro atoms. The van der Waals surface area contributed by atoms with Crippen molar-refractivity contribution >= 4 is 0 Å². The number of aromatic nitrogens is 1. The molecule has 0 N–H and O–H groups in total. The molecule has 0 atom stereocenters. The highest BCUT2D eigenvalue weighted by molar-refractivity contribution is 5.72. The topological polar surface area (TPSA) is 12.9 Å². The Balaban J connectivity index is 2.11. The highest BCUT2D eigenvalue weighted by Gasteiger charge is 2.11. The van der Waals surface area contributed by atoms with Gasteiger partial charge < -0.3 is 0 Å². The molecule has 3 rings (SSSR count). The van der Waals surface area contributed by atoms with Crippen LogP contribution in [0.3, 0.4) is 0 Å². The van der Waals surface area contributed by atoms with Crippen molar-refractivity contribution in [2.75, 3.05) is 0 Å². The van der Waals surface area contributed by atoms with E-state index < -0.39 is 0 Å². The van der Waals surface area contributed by atoms with Gasteiger partial charge >= 0.3 is 0 Å². The number of nitrogens with zero attached hydrogens (tertiary/aromatic N) is 1. The molecule has 0 aliphatic carbocycles. The monoisotopic (exact) mass is 301 g/mol. The lowest BCUT2D eigenvalue weighted by molar-refractivity contribution is 1.04. The van der Waals surface area contributed by atoms with E-state index in [0.29, 0.717) is 0 Å². The second-order valence-corrected chi connectivity index (χ2v) is 6.09. The Bertz CT molecular complexity index is 803. The first-order valence-corrected chi connectivity index (χ1v) is 8.27. The minimum absolute atomic E-state index is 0.888. The van der Waals surface area contributed by atoms with Crippen molar-refractivity contribution in [3.63, 3.8) is 0 Å². The summed E-state index contributed by atoms with van der Waals surface area (Å²) in [5.74, 6) is 0. The van der Waals surface area contributed by atoms with Crippen LogP contribution in [0.15, 0.2) is 60.8 Å². The van der Waals surface area contributed by atoms with E-state index in [0.717, 1.165) is 18.5 Å². The van der Waals surface area contributed by atoms with Gasteiger partial charge in [-0.2, -0.15) is 0 Å². The van der Waals surface area contributed by atoms with Crippen molar-refractivity contribution in [3.8, 4) is 11.1 Å². The number of benzene rings is 2. The number of hydrogen-bond donors (Lipinski definition) is 0. The third-order valence-electron chi connectivity index (χ3n) is 4.52. The minimum atomic E-state index is 0.888. The van der Waals surface area contributed by atoms with Crippen molar-refractivity contribution in [3.05, 3.63) is 88.7 Å². The molecule has 0 saturated carbocycles. The zero-order valence-corrected chi connectivity index (χ0v) is 14.1. The molecule has 3 aromatic rings. The van der Waals surface area contributed by atoms with Gasteiger partial charge in [0.2, 0.25) is 0 Å². The molecule has 0 aliphatic heterocycles. The Morgan fingerprint density at radius 3 is 2.35 bits per heavy atom. The van der Waals surface area contributed by atoms with Crippen LogP contribution in [-0.2, 0) is 12.8 Å². The molecule has 1 heteroatoms. The Kier molecular flexibility index (Phi) is 4.57. The van der Waals surface area contributed by atoms with Crippen LogP contribution < -0.4 is 0 Å². The fourth-order valence-corrected chi connectivity index (χ4v) is 3.08. The van der Waals surface area contributed by atoms with Crippen molar-refractivity contribution in [1.82, 2.24) is 4.98 Å². The van der Waals surface area contributed by atoms with E-state index in [1.807, 2.05) is 12.3 Å². The Hall–Kier alpha value is -2.41. The molecule has 0 amide bonds. The molecule has 1 nitrogen and oxygen atoms in total. The maximum Gasteiger partial charge on any atom is 0.0447 e. The van der Waals surface area contributed by atoms with E-state index in [4.69, 9.17) is 0 Å². The first-order valence-electron chi connectivity index (χ1n) is 8.27. The van der Waals surface area contributed by atoms with Gasteiger partial charge in [-0.25, -0.2) is 0 Å². The summed E-state index contributed by atoms with van der Waals surface area (Å²) in [6, 6.07) is 19.5. The Morgan fingerprint density at radius 2 is 1.65 bits per heavy atom. The van der Waals surface area contributed by atoms with Gasteiger partial charge in [0.15, 0.2) is 0 Å². The molecule has 116 valence electrons. The lowest BCUT2D eigenvalue weighted by Crippen LogP contribution is -1.99. The van der Waals surface area contributed by atoms with E-state index in [2.05, 4.69) is 74.3 Å². The van der Waals surface area contributed by atoms with Crippen LogP contribution in [0.1, 0.15) is 34.9 Å². The van der Waals surface area contributed by atoms with Crippen LogP contribution in [-0.4, -0.2) is 4.98 Å². The summed E-state index contributed by atoms with van der Waals surface area (Å²) in [7, 11) is 0. The predicted octanol–water partition coefficient (Wildman–Crippen LogP) is 5.52. The van der Waals surface area contributed by atoms with E-state index in [1.165, 1.54) is 33.4 Å². The van der Waals surface area contributed by atoms with Crippen LogP contribution in [0.5, 0.6) is 0 Å². The van der Waals surface area contributed by atoms with Gasteiger partial charge in [0.1, 0.15) is 0 Å². The first-order chi connectivity index (χ1) is 11.2. The zero-order valence-electron chi connectivity index (χ0n) is 14.1. The van der Waals surface area contributed by atoms with Crippen molar-refractivity contribution in [2.24, 2.45) is 0 Å². The first kappa shape index (κ1) is 15.5. The average Bonchev–Trinajstić information content (AvgIpc) is 2.58. The molecule has 1 aromatic heterocycles. The molecule has 0 fully saturated rings. The average molecular weight is 301 g/mol. The number of pyridine rings is 1. The summed E-state index contributed by atoms with van der Waals surface area (Å²) in [6.45, 7) is 6.64. The summed E-state index contributed by atoms with van der Waals surface area (Å²) < 4.78 is 0. The van der Waals surface area contributed by atoms with Crippen molar-refractivity contribution < 1.29 is 0 Å². The second-order valence-electron chi connectivity index (χ2n) is 6.09. The largest absolute Gasteiger partial charge is 0.261 e. The van der Waals surface area contributed by atoms with E-state index >= 15 is 0 Å². The number of rotatable bonds is 4. The van der Waals surface area contributed by atoms with Gasteiger partial charge in [-0.3, -0.25) is 4.98 Å². The SMILES string of the molecule is CCc1cc(Cc2ccccn2)c(C)c(-c2ccccc2C)c1. The summed E-state index contributed by atoms with van der Waals surface area (Å²) in [5, 5.41) is 0. The fourth-order valence-electron chi connectivity index (χ4n) is 3.08. The van der Waals surface area contributed by atoms with Gasteiger partial charge in [-0.05, 0) is 65.8 Å². The van der Waals surface area contributed by atoms with Crippen LogP contribution in [0.25, 0.3) is 11.1 Å². The van der Waals surface area contributed by atoms with Gasteiger partial charge in [0, 0.05) is 18.3 Å².